The first-order valence-electron chi connectivity index (χ1n) is 5.67. The summed E-state index contributed by atoms with van der Waals surface area (Å²) in [7, 11) is 0. The normalized spacial score (nSPS) is 10.6. The third-order valence-corrected chi connectivity index (χ3v) is 3.21. The lowest BCUT2D eigenvalue weighted by Gasteiger charge is -2.01. The molecule has 2 rings (SSSR count). The van der Waals surface area contributed by atoms with Crippen molar-refractivity contribution >= 4 is 21.6 Å². The number of aromatic nitrogens is 3. The van der Waals surface area contributed by atoms with Gasteiger partial charge in [-0.1, -0.05) is 5.21 Å². The standard InChI is InChI=1S/C11H12BrN5O2/c12-10-6-9(3-4-11(10)17(18)19)16-7-8(14-15-16)2-1-5-13/h3-4,6-7H,1-2,5,13H2. The number of aryl methyl sites for hydroxylation is 1. The van der Waals surface area contributed by atoms with Crippen molar-refractivity contribution in [2.24, 2.45) is 5.73 Å². The van der Waals surface area contributed by atoms with Crippen molar-refractivity contribution in [1.82, 2.24) is 15.0 Å². The number of benzene rings is 1. The molecule has 0 atom stereocenters. The fourth-order valence-corrected chi connectivity index (χ4v) is 2.12. The van der Waals surface area contributed by atoms with Gasteiger partial charge in [0.05, 0.1) is 27.0 Å². The lowest BCUT2D eigenvalue weighted by atomic mass is 10.2. The van der Waals surface area contributed by atoms with Crippen LogP contribution in [-0.4, -0.2) is 26.5 Å². The van der Waals surface area contributed by atoms with Crippen LogP contribution in [0, 0.1) is 10.1 Å². The number of hydrogen-bond acceptors (Lipinski definition) is 5. The second-order valence-corrected chi connectivity index (χ2v) is 4.79. The summed E-state index contributed by atoms with van der Waals surface area (Å²) in [6.07, 6.45) is 3.41. The van der Waals surface area contributed by atoms with Crippen molar-refractivity contribution in [3.8, 4) is 5.69 Å². The molecule has 19 heavy (non-hydrogen) atoms. The number of halogens is 1. The van der Waals surface area contributed by atoms with Crippen LogP contribution in [0.1, 0.15) is 12.1 Å². The summed E-state index contributed by atoms with van der Waals surface area (Å²) >= 11 is 3.17. The highest BCUT2D eigenvalue weighted by Crippen LogP contribution is 2.26. The molecule has 0 unspecified atom stereocenters. The third-order valence-electron chi connectivity index (χ3n) is 2.57. The number of hydrogen-bond donors (Lipinski definition) is 1. The van der Waals surface area contributed by atoms with Crippen molar-refractivity contribution in [3.05, 3.63) is 44.7 Å². The molecule has 0 saturated carbocycles. The summed E-state index contributed by atoms with van der Waals surface area (Å²) in [5, 5.41) is 18.7. The number of rotatable bonds is 5. The minimum atomic E-state index is -0.443. The maximum absolute atomic E-state index is 10.7. The van der Waals surface area contributed by atoms with E-state index in [-0.39, 0.29) is 5.69 Å². The Kier molecular flexibility index (Phi) is 4.23. The van der Waals surface area contributed by atoms with E-state index in [1.54, 1.807) is 23.0 Å². The Bertz CT molecular complexity index is 599. The quantitative estimate of drug-likeness (QED) is 0.667. The van der Waals surface area contributed by atoms with E-state index in [1.807, 2.05) is 0 Å². The average molecular weight is 326 g/mol. The molecule has 2 N–H and O–H groups in total. The molecule has 0 spiro atoms. The number of nitro groups is 1. The maximum Gasteiger partial charge on any atom is 0.283 e. The topological polar surface area (TPSA) is 99.9 Å². The zero-order valence-electron chi connectivity index (χ0n) is 9.99. The molecule has 1 heterocycles. The van der Waals surface area contributed by atoms with Crippen LogP contribution in [0.4, 0.5) is 5.69 Å². The minimum Gasteiger partial charge on any atom is -0.330 e. The van der Waals surface area contributed by atoms with E-state index in [1.165, 1.54) is 6.07 Å². The van der Waals surface area contributed by atoms with Crippen molar-refractivity contribution < 1.29 is 4.92 Å². The van der Waals surface area contributed by atoms with E-state index in [0.29, 0.717) is 16.7 Å². The monoisotopic (exact) mass is 325 g/mol. The highest BCUT2D eigenvalue weighted by molar-refractivity contribution is 9.10. The second-order valence-electron chi connectivity index (χ2n) is 3.94. The second kappa shape index (κ2) is 5.89. The largest absolute Gasteiger partial charge is 0.330 e. The summed E-state index contributed by atoms with van der Waals surface area (Å²) in [6, 6.07) is 4.70. The Morgan fingerprint density at radius 3 is 2.89 bits per heavy atom. The molecule has 8 heteroatoms. The minimum absolute atomic E-state index is 0.0206. The summed E-state index contributed by atoms with van der Waals surface area (Å²) in [6.45, 7) is 0.607. The smallest absolute Gasteiger partial charge is 0.283 e. The van der Waals surface area contributed by atoms with Crippen LogP contribution in [0.15, 0.2) is 28.9 Å². The highest BCUT2D eigenvalue weighted by atomic mass is 79.9. The Morgan fingerprint density at radius 1 is 1.47 bits per heavy atom. The van der Waals surface area contributed by atoms with Crippen LogP contribution in [0.5, 0.6) is 0 Å². The number of nitrogens with two attached hydrogens (primary N) is 1. The molecule has 0 aliphatic rings. The molecule has 1 aromatic heterocycles. The van der Waals surface area contributed by atoms with E-state index >= 15 is 0 Å². The van der Waals surface area contributed by atoms with Crippen LogP contribution < -0.4 is 5.73 Å². The van der Waals surface area contributed by atoms with Gasteiger partial charge in [0.1, 0.15) is 0 Å². The summed E-state index contributed by atoms with van der Waals surface area (Å²) in [5.41, 5.74) is 7.01. The number of nitrogens with zero attached hydrogens (tertiary/aromatic N) is 4. The summed E-state index contributed by atoms with van der Waals surface area (Å²) < 4.78 is 1.99. The van der Waals surface area contributed by atoms with Crippen LogP contribution in [0.3, 0.4) is 0 Å². The van der Waals surface area contributed by atoms with Gasteiger partial charge < -0.3 is 5.73 Å². The van der Waals surface area contributed by atoms with E-state index in [2.05, 4.69) is 26.2 Å². The summed E-state index contributed by atoms with van der Waals surface area (Å²) in [4.78, 5) is 10.3. The first-order chi connectivity index (χ1) is 9.11. The zero-order chi connectivity index (χ0) is 13.8. The van der Waals surface area contributed by atoms with Gasteiger partial charge in [-0.3, -0.25) is 10.1 Å². The van der Waals surface area contributed by atoms with E-state index < -0.39 is 4.92 Å². The molecule has 1 aromatic carbocycles. The van der Waals surface area contributed by atoms with Gasteiger partial charge in [0.2, 0.25) is 0 Å². The predicted octanol–water partition coefficient (Wildman–Crippen LogP) is 1.83. The molecule has 7 nitrogen and oxygen atoms in total. The third kappa shape index (κ3) is 3.15. The van der Waals surface area contributed by atoms with Gasteiger partial charge in [0, 0.05) is 6.07 Å². The van der Waals surface area contributed by atoms with Gasteiger partial charge in [0.15, 0.2) is 0 Å². The van der Waals surface area contributed by atoms with E-state index in [4.69, 9.17) is 5.73 Å². The first-order valence-corrected chi connectivity index (χ1v) is 6.46. The van der Waals surface area contributed by atoms with Gasteiger partial charge in [-0.2, -0.15) is 0 Å². The molecule has 0 aliphatic carbocycles. The molecule has 0 bridgehead atoms. The van der Waals surface area contributed by atoms with Gasteiger partial charge >= 0.3 is 0 Å². The lowest BCUT2D eigenvalue weighted by Crippen LogP contribution is -2.00. The van der Waals surface area contributed by atoms with Crippen molar-refractivity contribution in [3.63, 3.8) is 0 Å². The first kappa shape index (κ1) is 13.6. The average Bonchev–Trinajstić information content (AvgIpc) is 2.84. The van der Waals surface area contributed by atoms with Crippen molar-refractivity contribution in [2.45, 2.75) is 12.8 Å². The molecule has 0 amide bonds. The van der Waals surface area contributed by atoms with Crippen LogP contribution in [0.2, 0.25) is 0 Å². The Hall–Kier alpha value is -1.80. The van der Waals surface area contributed by atoms with Gasteiger partial charge in [0.25, 0.3) is 5.69 Å². The Balaban J connectivity index is 2.24. The SMILES string of the molecule is NCCCc1cn(-c2ccc([N+](=O)[O-])c(Br)c2)nn1. The predicted molar refractivity (Wildman–Crippen MR) is 73.1 cm³/mol. The lowest BCUT2D eigenvalue weighted by molar-refractivity contribution is -0.385. The molecule has 2 aromatic rings. The van der Waals surface area contributed by atoms with Crippen molar-refractivity contribution in [2.75, 3.05) is 6.54 Å². The molecule has 100 valence electrons. The molecule has 0 fully saturated rings. The van der Waals surface area contributed by atoms with E-state index in [0.717, 1.165) is 18.5 Å². The summed E-state index contributed by atoms with van der Waals surface area (Å²) in [5.74, 6) is 0. The van der Waals surface area contributed by atoms with Gasteiger partial charge in [-0.15, -0.1) is 5.10 Å². The Morgan fingerprint density at radius 2 is 2.26 bits per heavy atom. The molecular weight excluding hydrogens is 314 g/mol. The molecule has 0 radical (unpaired) electrons. The van der Waals surface area contributed by atoms with Gasteiger partial charge in [-0.25, -0.2) is 4.68 Å². The molecule has 0 saturated heterocycles. The highest BCUT2D eigenvalue weighted by Gasteiger charge is 2.13. The molecular formula is C11H12BrN5O2. The number of nitro benzene ring substituents is 1. The maximum atomic E-state index is 10.7. The van der Waals surface area contributed by atoms with E-state index in [9.17, 15) is 10.1 Å². The molecule has 0 aliphatic heterocycles. The van der Waals surface area contributed by atoms with Crippen molar-refractivity contribution in [1.29, 1.82) is 0 Å². The van der Waals surface area contributed by atoms with Crippen LogP contribution in [0.25, 0.3) is 5.69 Å². The fraction of sp³-hybridized carbons (Fsp3) is 0.273. The van der Waals surface area contributed by atoms with Crippen LogP contribution >= 0.6 is 15.9 Å². The van der Waals surface area contributed by atoms with Crippen LogP contribution in [-0.2, 0) is 6.42 Å². The zero-order valence-corrected chi connectivity index (χ0v) is 11.6. The van der Waals surface area contributed by atoms with Gasteiger partial charge in [-0.05, 0) is 47.4 Å². The Labute approximate surface area is 117 Å². The fourth-order valence-electron chi connectivity index (χ4n) is 1.61.